The van der Waals surface area contributed by atoms with E-state index in [9.17, 15) is 14.4 Å². The molecular formula is C20H30ClNO5. The van der Waals surface area contributed by atoms with Gasteiger partial charge in [-0.05, 0) is 62.7 Å². The predicted molar refractivity (Wildman–Crippen MR) is 100 cm³/mol. The molecule has 5 atom stereocenters. The molecule has 0 aromatic rings. The molecule has 4 fully saturated rings. The number of esters is 2. The molecule has 0 aromatic carbocycles. The van der Waals surface area contributed by atoms with Crippen LogP contribution < -0.4 is 5.32 Å². The van der Waals surface area contributed by atoms with Gasteiger partial charge in [-0.25, -0.2) is 4.79 Å². The van der Waals surface area contributed by atoms with Gasteiger partial charge in [0.1, 0.15) is 6.04 Å². The number of carbonyl (C=O) groups is 3. The van der Waals surface area contributed by atoms with Crippen molar-refractivity contribution < 1.29 is 23.9 Å². The second-order valence-corrected chi connectivity index (χ2v) is 10.0. The number of methoxy groups -OCH3 is 1. The molecule has 1 amide bonds. The van der Waals surface area contributed by atoms with Crippen LogP contribution in [0.3, 0.4) is 0 Å². The highest BCUT2D eigenvalue weighted by Crippen LogP contribution is 2.64. The van der Waals surface area contributed by atoms with Crippen LogP contribution in [-0.2, 0) is 23.9 Å². The summed E-state index contributed by atoms with van der Waals surface area (Å²) in [6, 6.07) is -0.730. The molecule has 6 nitrogen and oxygen atoms in total. The summed E-state index contributed by atoms with van der Waals surface area (Å²) < 4.78 is 10.1. The van der Waals surface area contributed by atoms with Crippen LogP contribution in [-0.4, -0.2) is 42.5 Å². The minimum atomic E-state index is -0.730. The Bertz CT molecular complexity index is 605. The van der Waals surface area contributed by atoms with E-state index in [0.717, 1.165) is 32.1 Å². The zero-order chi connectivity index (χ0) is 19.8. The Morgan fingerprint density at radius 1 is 1.15 bits per heavy atom. The topological polar surface area (TPSA) is 81.7 Å². The van der Waals surface area contributed by atoms with Gasteiger partial charge in [0, 0.05) is 4.87 Å². The lowest BCUT2D eigenvalue weighted by Gasteiger charge is -2.58. The average Bonchev–Trinajstić information content (AvgIpc) is 2.55. The Labute approximate surface area is 165 Å². The fourth-order valence-corrected chi connectivity index (χ4v) is 6.43. The number of rotatable bonds is 7. The first kappa shape index (κ1) is 20.4. The van der Waals surface area contributed by atoms with E-state index < -0.39 is 23.3 Å². The summed E-state index contributed by atoms with van der Waals surface area (Å²) in [5.74, 6) is -0.0999. The molecule has 152 valence electrons. The lowest BCUT2D eigenvalue weighted by Crippen LogP contribution is -2.56. The van der Waals surface area contributed by atoms with Crippen molar-refractivity contribution in [3.05, 3.63) is 0 Å². The molecule has 4 rings (SSSR count). The molecule has 0 aromatic heterocycles. The third-order valence-corrected chi connectivity index (χ3v) is 6.73. The Balaban J connectivity index is 1.56. The summed E-state index contributed by atoms with van der Waals surface area (Å²) in [5, 5.41) is 2.62. The number of alkyl halides is 1. The van der Waals surface area contributed by atoms with Crippen LogP contribution >= 0.6 is 11.6 Å². The molecule has 7 heteroatoms. The fraction of sp³-hybridized carbons (Fsp3) is 0.850. The number of nitrogens with one attached hydrogen (secondary N) is 1. The number of carbonyl (C=O) groups excluding carboxylic acids is 3. The van der Waals surface area contributed by atoms with E-state index in [1.165, 1.54) is 7.11 Å². The van der Waals surface area contributed by atoms with Gasteiger partial charge in [-0.15, -0.1) is 11.6 Å². The zero-order valence-corrected chi connectivity index (χ0v) is 17.1. The van der Waals surface area contributed by atoms with Crippen LogP contribution in [0.1, 0.15) is 58.8 Å². The van der Waals surface area contributed by atoms with Gasteiger partial charge < -0.3 is 14.8 Å². The lowest BCUT2D eigenvalue weighted by atomic mass is 9.49. The Morgan fingerprint density at radius 3 is 2.30 bits per heavy atom. The van der Waals surface area contributed by atoms with Crippen molar-refractivity contribution in [1.82, 2.24) is 5.32 Å². The monoisotopic (exact) mass is 399 g/mol. The Morgan fingerprint density at radius 2 is 1.78 bits per heavy atom. The van der Waals surface area contributed by atoms with Crippen LogP contribution in [0.15, 0.2) is 0 Å². The molecule has 4 aliphatic carbocycles. The molecule has 0 radical (unpaired) electrons. The highest BCUT2D eigenvalue weighted by atomic mass is 35.5. The molecule has 27 heavy (non-hydrogen) atoms. The van der Waals surface area contributed by atoms with E-state index in [1.54, 1.807) is 0 Å². The maximum absolute atomic E-state index is 12.8. The second-order valence-electron chi connectivity index (χ2n) is 9.24. The molecule has 0 spiro atoms. The minimum absolute atomic E-state index is 0.212. The third kappa shape index (κ3) is 4.41. The molecule has 2 unspecified atom stereocenters. The largest absolute Gasteiger partial charge is 0.467 e. The Hall–Kier alpha value is -1.30. The van der Waals surface area contributed by atoms with Gasteiger partial charge in [0.05, 0.1) is 12.5 Å². The Kier molecular flexibility index (Phi) is 5.76. The molecule has 1 N–H and O–H groups in total. The van der Waals surface area contributed by atoms with Crippen molar-refractivity contribution in [2.75, 3.05) is 13.7 Å². The number of halogens is 1. The first-order valence-corrected chi connectivity index (χ1v) is 10.3. The van der Waals surface area contributed by atoms with Gasteiger partial charge in [-0.1, -0.05) is 13.8 Å². The summed E-state index contributed by atoms with van der Waals surface area (Å²) in [5.41, 5.74) is -0.536. The van der Waals surface area contributed by atoms with Gasteiger partial charge in [0.25, 0.3) is 5.91 Å². The van der Waals surface area contributed by atoms with E-state index in [4.69, 9.17) is 21.1 Å². The van der Waals surface area contributed by atoms with Crippen LogP contribution in [0.2, 0.25) is 0 Å². The van der Waals surface area contributed by atoms with Crippen molar-refractivity contribution in [2.45, 2.75) is 69.7 Å². The molecule has 0 heterocycles. The molecule has 4 saturated carbocycles. The van der Waals surface area contributed by atoms with Crippen LogP contribution in [0, 0.1) is 23.2 Å². The quantitative estimate of drug-likeness (QED) is 0.525. The maximum Gasteiger partial charge on any atom is 0.328 e. The van der Waals surface area contributed by atoms with Crippen LogP contribution in [0.5, 0.6) is 0 Å². The van der Waals surface area contributed by atoms with Crippen molar-refractivity contribution in [1.29, 1.82) is 0 Å². The van der Waals surface area contributed by atoms with Crippen molar-refractivity contribution in [2.24, 2.45) is 23.2 Å². The second kappa shape index (κ2) is 7.61. The van der Waals surface area contributed by atoms with Crippen molar-refractivity contribution in [3.63, 3.8) is 0 Å². The number of ether oxygens (including phenoxy) is 2. The highest BCUT2D eigenvalue weighted by Gasteiger charge is 2.60. The van der Waals surface area contributed by atoms with Gasteiger partial charge in [-0.2, -0.15) is 0 Å². The number of amides is 1. The van der Waals surface area contributed by atoms with Gasteiger partial charge in [-0.3, -0.25) is 9.59 Å². The average molecular weight is 400 g/mol. The molecule has 0 saturated heterocycles. The summed E-state index contributed by atoms with van der Waals surface area (Å²) in [7, 11) is 1.29. The van der Waals surface area contributed by atoms with E-state index in [-0.39, 0.29) is 23.4 Å². The van der Waals surface area contributed by atoms with E-state index >= 15 is 0 Å². The third-order valence-electron chi connectivity index (χ3n) is 6.29. The van der Waals surface area contributed by atoms with E-state index in [1.807, 2.05) is 13.8 Å². The first-order valence-electron chi connectivity index (χ1n) is 9.88. The zero-order valence-electron chi connectivity index (χ0n) is 16.4. The number of hydrogen-bond donors (Lipinski definition) is 1. The molecule has 4 bridgehead atoms. The molecule has 0 aliphatic heterocycles. The summed E-state index contributed by atoms with van der Waals surface area (Å²) >= 11 is 6.76. The van der Waals surface area contributed by atoms with Crippen LogP contribution in [0.25, 0.3) is 0 Å². The predicted octanol–water partition coefficient (Wildman–Crippen LogP) is 2.81. The van der Waals surface area contributed by atoms with Gasteiger partial charge in [0.15, 0.2) is 6.61 Å². The van der Waals surface area contributed by atoms with Gasteiger partial charge >= 0.3 is 11.9 Å². The maximum atomic E-state index is 12.8. The van der Waals surface area contributed by atoms with Crippen molar-refractivity contribution in [3.8, 4) is 0 Å². The lowest BCUT2D eigenvalue weighted by molar-refractivity contribution is -0.172. The standard InChI is InChI=1S/C20H30ClNO5/c1-12(2)4-15(17(24)26-3)22-16(23)10-27-18(25)19-6-13-5-14(7-19)9-20(21,8-13)11-19/h12-15H,4-11H2,1-3H3,(H,22,23)/t13-,14+,15-,19?,20?/m1/s1. The smallest absolute Gasteiger partial charge is 0.328 e. The van der Waals surface area contributed by atoms with Crippen LogP contribution in [0.4, 0.5) is 0 Å². The first-order chi connectivity index (χ1) is 12.6. The van der Waals surface area contributed by atoms with Crippen molar-refractivity contribution >= 4 is 29.4 Å². The molecular weight excluding hydrogens is 370 g/mol. The number of hydrogen-bond acceptors (Lipinski definition) is 5. The normalized spacial score (nSPS) is 35.0. The van der Waals surface area contributed by atoms with E-state index in [0.29, 0.717) is 24.7 Å². The molecule has 4 aliphatic rings. The minimum Gasteiger partial charge on any atom is -0.467 e. The summed E-state index contributed by atoms with van der Waals surface area (Å²) in [6.45, 7) is 3.53. The highest BCUT2D eigenvalue weighted by molar-refractivity contribution is 6.24. The summed E-state index contributed by atoms with van der Waals surface area (Å²) in [4.78, 5) is 36.6. The summed E-state index contributed by atoms with van der Waals surface area (Å²) in [6.07, 6.45) is 5.86. The SMILES string of the molecule is COC(=O)[C@@H](CC(C)C)NC(=O)COC(=O)C12C[C@@H]3C[C@@H](CC(Cl)(C3)C1)C2. The van der Waals surface area contributed by atoms with E-state index in [2.05, 4.69) is 5.32 Å². The van der Waals surface area contributed by atoms with Gasteiger partial charge in [0.2, 0.25) is 0 Å². The fourth-order valence-electron chi connectivity index (χ4n) is 5.74.